The van der Waals surface area contributed by atoms with E-state index in [-0.39, 0.29) is 11.8 Å². The lowest BCUT2D eigenvalue weighted by Crippen LogP contribution is -2.40. The molecule has 0 radical (unpaired) electrons. The number of nitrogens with one attached hydrogen (secondary N) is 2. The third-order valence-corrected chi connectivity index (χ3v) is 5.77. The van der Waals surface area contributed by atoms with Gasteiger partial charge in [0.2, 0.25) is 0 Å². The third kappa shape index (κ3) is 5.28. The summed E-state index contributed by atoms with van der Waals surface area (Å²) in [5.74, 6) is 0.989. The molecule has 1 heterocycles. The molecule has 2 amide bonds. The number of benzene rings is 4. The minimum Gasteiger partial charge on any atom is -0.457 e. The van der Waals surface area contributed by atoms with E-state index >= 15 is 0 Å². The zero-order valence-electron chi connectivity index (χ0n) is 18.5. The number of halogens is 2. The predicted molar refractivity (Wildman–Crippen MR) is 136 cm³/mol. The van der Waals surface area contributed by atoms with Crippen LogP contribution >= 0.6 is 11.6 Å². The van der Waals surface area contributed by atoms with Gasteiger partial charge in [-0.2, -0.15) is 0 Å². The fraction of sp³-hybridized carbons (Fsp3) is 0.0357. The molecule has 0 aromatic heterocycles. The van der Waals surface area contributed by atoms with Crippen molar-refractivity contribution in [1.82, 2.24) is 10.4 Å². The van der Waals surface area contributed by atoms with Crippen LogP contribution in [-0.2, 0) is 0 Å². The first-order valence-electron chi connectivity index (χ1n) is 11.0. The zero-order valence-corrected chi connectivity index (χ0v) is 19.3. The number of carbonyl (C=O) groups is 1. The zero-order chi connectivity index (χ0) is 24.2. The van der Waals surface area contributed by atoms with E-state index < -0.39 is 0 Å². The summed E-state index contributed by atoms with van der Waals surface area (Å²) in [6.45, 7) is 0.348. The summed E-state index contributed by atoms with van der Waals surface area (Å²) < 4.78 is 19.3. The molecule has 0 bridgehead atoms. The van der Waals surface area contributed by atoms with Crippen LogP contribution in [0, 0.1) is 5.82 Å². The molecule has 2 N–H and O–H groups in total. The van der Waals surface area contributed by atoms with Crippen molar-refractivity contribution in [2.75, 3.05) is 11.9 Å². The highest BCUT2D eigenvalue weighted by Gasteiger charge is 2.27. The first kappa shape index (κ1) is 22.5. The van der Waals surface area contributed by atoms with Crippen molar-refractivity contribution in [1.29, 1.82) is 0 Å². The summed E-state index contributed by atoms with van der Waals surface area (Å²) in [6.07, 6.45) is 0. The van der Waals surface area contributed by atoms with E-state index in [1.165, 1.54) is 17.1 Å². The van der Waals surface area contributed by atoms with Gasteiger partial charge < -0.3 is 10.1 Å². The molecule has 0 fully saturated rings. The van der Waals surface area contributed by atoms with Gasteiger partial charge in [-0.25, -0.2) is 14.2 Å². The monoisotopic (exact) mass is 485 g/mol. The number of hydrazine groups is 1. The quantitative estimate of drug-likeness (QED) is 0.314. The Morgan fingerprint density at radius 1 is 0.829 bits per heavy atom. The first-order chi connectivity index (χ1) is 17.0. The normalized spacial score (nSPS) is 12.9. The highest BCUT2D eigenvalue weighted by molar-refractivity contribution is 6.30. The van der Waals surface area contributed by atoms with Crippen LogP contribution in [-0.4, -0.2) is 17.6 Å². The number of nitrogens with zero attached hydrogens (tertiary/aromatic N) is 1. The van der Waals surface area contributed by atoms with E-state index in [0.717, 1.165) is 22.4 Å². The van der Waals surface area contributed by atoms with Gasteiger partial charge in [0.15, 0.2) is 0 Å². The minimum absolute atomic E-state index is 0.313. The second kappa shape index (κ2) is 9.91. The SMILES string of the molecule is O=C(Nc1ccc(Oc2ccc(Cl)cc2)cc1)N1CC(c2ccccc2)=C(c2ccc(F)cc2)N1. The van der Waals surface area contributed by atoms with E-state index in [9.17, 15) is 9.18 Å². The number of hydrogen-bond donors (Lipinski definition) is 2. The highest BCUT2D eigenvalue weighted by atomic mass is 35.5. The van der Waals surface area contributed by atoms with Crippen molar-refractivity contribution in [3.8, 4) is 11.5 Å². The van der Waals surface area contributed by atoms with Crippen molar-refractivity contribution in [3.05, 3.63) is 125 Å². The number of carbonyl (C=O) groups excluding carboxylic acids is 1. The van der Waals surface area contributed by atoms with Crippen molar-refractivity contribution in [3.63, 3.8) is 0 Å². The number of anilines is 1. The van der Waals surface area contributed by atoms with E-state index in [4.69, 9.17) is 16.3 Å². The Hall–Kier alpha value is -4.29. The van der Waals surface area contributed by atoms with Gasteiger partial charge >= 0.3 is 6.03 Å². The van der Waals surface area contributed by atoms with Crippen LogP contribution < -0.4 is 15.5 Å². The third-order valence-electron chi connectivity index (χ3n) is 5.52. The van der Waals surface area contributed by atoms with E-state index in [1.807, 2.05) is 30.3 Å². The Labute approximate surface area is 207 Å². The lowest BCUT2D eigenvalue weighted by atomic mass is 10.0. The Morgan fingerprint density at radius 3 is 2.11 bits per heavy atom. The van der Waals surface area contributed by atoms with Gasteiger partial charge in [0.25, 0.3) is 0 Å². The largest absolute Gasteiger partial charge is 0.457 e. The topological polar surface area (TPSA) is 53.6 Å². The number of ether oxygens (including phenoxy) is 1. The average Bonchev–Trinajstić information content (AvgIpc) is 3.33. The molecule has 35 heavy (non-hydrogen) atoms. The summed E-state index contributed by atoms with van der Waals surface area (Å²) in [7, 11) is 0. The van der Waals surface area contributed by atoms with Gasteiger partial charge in [-0.15, -0.1) is 0 Å². The second-order valence-electron chi connectivity index (χ2n) is 7.93. The van der Waals surface area contributed by atoms with Crippen LogP contribution in [0.3, 0.4) is 0 Å². The Morgan fingerprint density at radius 2 is 1.46 bits per heavy atom. The van der Waals surface area contributed by atoms with Crippen LogP contribution in [0.5, 0.6) is 11.5 Å². The van der Waals surface area contributed by atoms with Crippen LogP contribution in [0.1, 0.15) is 11.1 Å². The molecule has 0 saturated carbocycles. The molecule has 4 aromatic carbocycles. The molecule has 0 saturated heterocycles. The molecule has 4 aromatic rings. The molecule has 1 aliphatic heterocycles. The van der Waals surface area contributed by atoms with Gasteiger partial charge in [-0.3, -0.25) is 5.43 Å². The molecule has 7 heteroatoms. The number of hydrogen-bond acceptors (Lipinski definition) is 3. The molecule has 5 nitrogen and oxygen atoms in total. The summed E-state index contributed by atoms with van der Waals surface area (Å²) in [5, 5.41) is 5.04. The molecule has 0 aliphatic carbocycles. The summed E-state index contributed by atoms with van der Waals surface area (Å²) in [5.41, 5.74) is 7.29. The van der Waals surface area contributed by atoms with Gasteiger partial charge in [0.1, 0.15) is 17.3 Å². The van der Waals surface area contributed by atoms with Gasteiger partial charge in [-0.05, 0) is 83.9 Å². The first-order valence-corrected chi connectivity index (χ1v) is 11.4. The molecule has 0 atom stereocenters. The maximum Gasteiger partial charge on any atom is 0.340 e. The van der Waals surface area contributed by atoms with Gasteiger partial charge in [0.05, 0.1) is 12.2 Å². The summed E-state index contributed by atoms with van der Waals surface area (Å²) in [6, 6.07) is 29.9. The second-order valence-corrected chi connectivity index (χ2v) is 8.37. The Kier molecular flexibility index (Phi) is 6.37. The standard InChI is InChI=1S/C28H21ClFN3O2/c29-21-8-14-24(15-9-21)35-25-16-12-23(13-17-25)31-28(34)33-18-26(19-4-2-1-3-5-19)27(32-33)20-6-10-22(30)11-7-20/h1-17,32H,18H2,(H,31,34). The van der Waals surface area contributed by atoms with Crippen LogP contribution in [0.2, 0.25) is 5.02 Å². The molecular weight excluding hydrogens is 465 g/mol. The summed E-state index contributed by atoms with van der Waals surface area (Å²) in [4.78, 5) is 13.1. The van der Waals surface area contributed by atoms with Crippen LogP contribution in [0.4, 0.5) is 14.9 Å². The van der Waals surface area contributed by atoms with E-state index in [0.29, 0.717) is 28.8 Å². The van der Waals surface area contributed by atoms with E-state index in [1.54, 1.807) is 60.7 Å². The van der Waals surface area contributed by atoms with Crippen molar-refractivity contribution in [2.45, 2.75) is 0 Å². The van der Waals surface area contributed by atoms with Crippen molar-refractivity contribution in [2.24, 2.45) is 0 Å². The molecule has 0 unspecified atom stereocenters. The summed E-state index contributed by atoms with van der Waals surface area (Å²) >= 11 is 5.91. The molecule has 1 aliphatic rings. The molecule has 5 rings (SSSR count). The molecular formula is C28H21ClFN3O2. The lowest BCUT2D eigenvalue weighted by molar-refractivity contribution is 0.210. The average molecular weight is 486 g/mol. The molecule has 174 valence electrons. The lowest BCUT2D eigenvalue weighted by Gasteiger charge is -2.19. The Balaban J connectivity index is 1.29. The maximum atomic E-state index is 13.5. The highest BCUT2D eigenvalue weighted by Crippen LogP contribution is 2.31. The van der Waals surface area contributed by atoms with Gasteiger partial charge in [0, 0.05) is 16.3 Å². The van der Waals surface area contributed by atoms with Crippen LogP contribution in [0.15, 0.2) is 103 Å². The smallest absolute Gasteiger partial charge is 0.340 e. The Bertz CT molecular complexity index is 1360. The van der Waals surface area contributed by atoms with Crippen molar-refractivity contribution >= 4 is 34.6 Å². The number of amides is 2. The number of rotatable bonds is 5. The van der Waals surface area contributed by atoms with Crippen LogP contribution in [0.25, 0.3) is 11.3 Å². The maximum absolute atomic E-state index is 13.5. The fourth-order valence-corrected chi connectivity index (χ4v) is 3.89. The minimum atomic E-state index is -0.318. The van der Waals surface area contributed by atoms with Gasteiger partial charge in [-0.1, -0.05) is 41.9 Å². The molecule has 0 spiro atoms. The van der Waals surface area contributed by atoms with Crippen molar-refractivity contribution < 1.29 is 13.9 Å². The van der Waals surface area contributed by atoms with E-state index in [2.05, 4.69) is 10.7 Å². The predicted octanol–water partition coefficient (Wildman–Crippen LogP) is 7.19. The fourth-order valence-electron chi connectivity index (χ4n) is 3.77. The number of urea groups is 1.